The standard InChI is InChI=1S/C14H16F4O/c15-12-10(6-5-7-11(12)14(16,17)18)13(19)8-3-1-2-4-9-13/h5-7,19H,1-4,8-9H2. The van der Waals surface area contributed by atoms with Crippen molar-refractivity contribution < 1.29 is 22.7 Å². The largest absolute Gasteiger partial charge is 0.419 e. The van der Waals surface area contributed by atoms with Crippen LogP contribution in [0.15, 0.2) is 18.2 Å². The average Bonchev–Trinajstić information content (AvgIpc) is 2.53. The van der Waals surface area contributed by atoms with Crippen LogP contribution in [0.5, 0.6) is 0 Å². The molecule has 1 N–H and O–H groups in total. The molecule has 19 heavy (non-hydrogen) atoms. The Morgan fingerprint density at radius 2 is 1.58 bits per heavy atom. The number of alkyl halides is 3. The van der Waals surface area contributed by atoms with E-state index in [0.29, 0.717) is 31.7 Å². The van der Waals surface area contributed by atoms with Crippen molar-refractivity contribution in [3.8, 4) is 0 Å². The highest BCUT2D eigenvalue weighted by Gasteiger charge is 2.39. The first-order chi connectivity index (χ1) is 8.84. The van der Waals surface area contributed by atoms with Gasteiger partial charge in [0.25, 0.3) is 0 Å². The van der Waals surface area contributed by atoms with Crippen LogP contribution in [0.25, 0.3) is 0 Å². The lowest BCUT2D eigenvalue weighted by molar-refractivity contribution is -0.140. The molecule has 0 bridgehead atoms. The van der Waals surface area contributed by atoms with Crippen molar-refractivity contribution >= 4 is 0 Å². The van der Waals surface area contributed by atoms with Crippen molar-refractivity contribution in [2.75, 3.05) is 0 Å². The summed E-state index contributed by atoms with van der Waals surface area (Å²) in [6, 6.07) is 3.12. The van der Waals surface area contributed by atoms with E-state index in [9.17, 15) is 22.7 Å². The molecule has 0 atom stereocenters. The Morgan fingerprint density at radius 1 is 1.00 bits per heavy atom. The molecule has 2 rings (SSSR count). The molecule has 1 fully saturated rings. The van der Waals surface area contributed by atoms with Gasteiger partial charge in [-0.15, -0.1) is 0 Å². The molecule has 0 aliphatic heterocycles. The smallest absolute Gasteiger partial charge is 0.385 e. The van der Waals surface area contributed by atoms with Gasteiger partial charge in [-0.3, -0.25) is 0 Å². The van der Waals surface area contributed by atoms with E-state index < -0.39 is 23.2 Å². The van der Waals surface area contributed by atoms with E-state index in [0.717, 1.165) is 18.9 Å². The van der Waals surface area contributed by atoms with Gasteiger partial charge in [0.2, 0.25) is 0 Å². The zero-order valence-corrected chi connectivity index (χ0v) is 10.4. The SMILES string of the molecule is OC1(c2cccc(C(F)(F)F)c2F)CCCCCC1. The predicted octanol–water partition coefficient (Wildman–Crippen LogP) is 4.39. The van der Waals surface area contributed by atoms with Crippen LogP contribution in [0.2, 0.25) is 0 Å². The number of rotatable bonds is 1. The van der Waals surface area contributed by atoms with Gasteiger partial charge in [0.1, 0.15) is 5.82 Å². The van der Waals surface area contributed by atoms with Crippen LogP contribution >= 0.6 is 0 Å². The summed E-state index contributed by atoms with van der Waals surface area (Å²) in [6.45, 7) is 0. The van der Waals surface area contributed by atoms with Crippen LogP contribution in [0.4, 0.5) is 17.6 Å². The van der Waals surface area contributed by atoms with Crippen LogP contribution in [0.1, 0.15) is 49.7 Å². The predicted molar refractivity (Wildman–Crippen MR) is 63.0 cm³/mol. The van der Waals surface area contributed by atoms with E-state index in [1.54, 1.807) is 0 Å². The highest BCUT2D eigenvalue weighted by atomic mass is 19.4. The molecule has 5 heteroatoms. The van der Waals surface area contributed by atoms with Crippen LogP contribution in [-0.2, 0) is 11.8 Å². The van der Waals surface area contributed by atoms with Crippen LogP contribution in [0, 0.1) is 5.82 Å². The molecule has 1 aliphatic rings. The highest BCUT2D eigenvalue weighted by Crippen LogP contribution is 2.40. The Morgan fingerprint density at radius 3 is 2.11 bits per heavy atom. The summed E-state index contributed by atoms with van der Waals surface area (Å²) in [4.78, 5) is 0. The molecule has 0 heterocycles. The van der Waals surface area contributed by atoms with E-state index in [-0.39, 0.29) is 5.56 Å². The third kappa shape index (κ3) is 2.91. The monoisotopic (exact) mass is 276 g/mol. The molecule has 0 aromatic heterocycles. The fraction of sp³-hybridized carbons (Fsp3) is 0.571. The molecule has 1 aliphatic carbocycles. The van der Waals surface area contributed by atoms with Crippen molar-refractivity contribution in [2.45, 2.75) is 50.3 Å². The molecule has 0 amide bonds. The molecule has 0 spiro atoms. The third-order valence-corrected chi connectivity index (χ3v) is 3.74. The number of halogens is 4. The maximum Gasteiger partial charge on any atom is 0.419 e. The molecule has 0 saturated heterocycles. The maximum absolute atomic E-state index is 14.1. The summed E-state index contributed by atoms with van der Waals surface area (Å²) in [5.74, 6) is -1.33. The van der Waals surface area contributed by atoms with E-state index in [1.807, 2.05) is 0 Å². The number of aliphatic hydroxyl groups is 1. The van der Waals surface area contributed by atoms with Crippen molar-refractivity contribution in [1.29, 1.82) is 0 Å². The molecule has 1 aromatic carbocycles. The second kappa shape index (κ2) is 5.12. The Balaban J connectivity index is 2.44. The normalized spacial score (nSPS) is 20.1. The van der Waals surface area contributed by atoms with Crippen molar-refractivity contribution in [3.05, 3.63) is 35.1 Å². The summed E-state index contributed by atoms with van der Waals surface area (Å²) in [5, 5.41) is 10.5. The minimum Gasteiger partial charge on any atom is -0.385 e. The Kier molecular flexibility index (Phi) is 3.85. The van der Waals surface area contributed by atoms with E-state index in [2.05, 4.69) is 0 Å². The first kappa shape index (κ1) is 14.3. The molecular formula is C14H16F4O. The lowest BCUT2D eigenvalue weighted by atomic mass is 9.85. The van der Waals surface area contributed by atoms with Gasteiger partial charge < -0.3 is 5.11 Å². The number of hydrogen-bond donors (Lipinski definition) is 1. The van der Waals surface area contributed by atoms with Crippen molar-refractivity contribution in [1.82, 2.24) is 0 Å². The Hall–Kier alpha value is -1.10. The second-order valence-corrected chi connectivity index (χ2v) is 5.11. The molecule has 106 valence electrons. The molecule has 0 unspecified atom stereocenters. The fourth-order valence-electron chi connectivity index (χ4n) is 2.69. The number of benzene rings is 1. The molecule has 0 radical (unpaired) electrons. The number of hydrogen-bond acceptors (Lipinski definition) is 1. The van der Waals surface area contributed by atoms with Crippen LogP contribution in [0.3, 0.4) is 0 Å². The summed E-state index contributed by atoms with van der Waals surface area (Å²) in [7, 11) is 0. The van der Waals surface area contributed by atoms with Gasteiger partial charge in [0.05, 0.1) is 11.2 Å². The van der Waals surface area contributed by atoms with Gasteiger partial charge in [-0.2, -0.15) is 13.2 Å². The van der Waals surface area contributed by atoms with Gasteiger partial charge in [0.15, 0.2) is 0 Å². The third-order valence-electron chi connectivity index (χ3n) is 3.74. The molecular weight excluding hydrogens is 260 g/mol. The zero-order valence-electron chi connectivity index (χ0n) is 10.4. The molecule has 1 nitrogen and oxygen atoms in total. The zero-order chi connectivity index (χ0) is 14.1. The second-order valence-electron chi connectivity index (χ2n) is 5.11. The Bertz CT molecular complexity index is 445. The van der Waals surface area contributed by atoms with Crippen molar-refractivity contribution in [3.63, 3.8) is 0 Å². The lowest BCUT2D eigenvalue weighted by Gasteiger charge is -2.28. The average molecular weight is 276 g/mol. The van der Waals surface area contributed by atoms with Crippen LogP contribution in [-0.4, -0.2) is 5.11 Å². The fourth-order valence-corrected chi connectivity index (χ4v) is 2.69. The summed E-state index contributed by atoms with van der Waals surface area (Å²) >= 11 is 0. The minimum absolute atomic E-state index is 0.218. The summed E-state index contributed by atoms with van der Waals surface area (Å²) < 4.78 is 52.1. The van der Waals surface area contributed by atoms with Gasteiger partial charge in [0, 0.05) is 5.56 Å². The molecule has 1 aromatic rings. The first-order valence-corrected chi connectivity index (χ1v) is 6.43. The lowest BCUT2D eigenvalue weighted by Crippen LogP contribution is -2.27. The van der Waals surface area contributed by atoms with Crippen molar-refractivity contribution in [2.24, 2.45) is 0 Å². The van der Waals surface area contributed by atoms with E-state index in [1.165, 1.54) is 6.07 Å². The van der Waals surface area contributed by atoms with Gasteiger partial charge in [-0.05, 0) is 18.9 Å². The van der Waals surface area contributed by atoms with E-state index in [4.69, 9.17) is 0 Å². The molecule has 1 saturated carbocycles. The van der Waals surface area contributed by atoms with Crippen LogP contribution < -0.4 is 0 Å². The Labute approximate surface area is 109 Å². The van der Waals surface area contributed by atoms with Gasteiger partial charge in [-0.25, -0.2) is 4.39 Å². The highest BCUT2D eigenvalue weighted by molar-refractivity contribution is 5.32. The maximum atomic E-state index is 14.1. The van der Waals surface area contributed by atoms with Gasteiger partial charge >= 0.3 is 6.18 Å². The summed E-state index contributed by atoms with van der Waals surface area (Å²) in [6.07, 6.45) is -0.873. The van der Waals surface area contributed by atoms with Gasteiger partial charge in [-0.1, -0.05) is 37.8 Å². The topological polar surface area (TPSA) is 20.2 Å². The minimum atomic E-state index is -4.73. The van der Waals surface area contributed by atoms with E-state index >= 15 is 0 Å². The summed E-state index contributed by atoms with van der Waals surface area (Å²) in [5.41, 5.74) is -2.99. The quantitative estimate of drug-likeness (QED) is 0.596. The first-order valence-electron chi connectivity index (χ1n) is 6.43.